The summed E-state index contributed by atoms with van der Waals surface area (Å²) in [6.45, 7) is 2.30. The molecule has 2 rings (SSSR count). The monoisotopic (exact) mass is 241 g/mol. The van der Waals surface area contributed by atoms with Crippen LogP contribution in [-0.2, 0) is 4.79 Å². The van der Waals surface area contributed by atoms with Gasteiger partial charge in [-0.2, -0.15) is 12.6 Å². The van der Waals surface area contributed by atoms with Crippen molar-refractivity contribution < 1.29 is 4.79 Å². The highest BCUT2D eigenvalue weighted by Gasteiger charge is 2.43. The summed E-state index contributed by atoms with van der Waals surface area (Å²) in [5.74, 6) is 1.97. The van der Waals surface area contributed by atoms with E-state index < -0.39 is 0 Å². The third-order valence-electron chi connectivity index (χ3n) is 4.21. The molecule has 0 aromatic rings. The second-order valence-corrected chi connectivity index (χ2v) is 6.18. The van der Waals surface area contributed by atoms with Gasteiger partial charge < -0.3 is 5.32 Å². The number of carbonyl (C=O) groups excluding carboxylic acids is 1. The van der Waals surface area contributed by atoms with Crippen LogP contribution in [-0.4, -0.2) is 17.7 Å². The maximum atomic E-state index is 11.9. The maximum absolute atomic E-state index is 11.9. The molecule has 0 aromatic heterocycles. The van der Waals surface area contributed by atoms with Crippen molar-refractivity contribution in [3.8, 4) is 0 Å². The fraction of sp³-hybridized carbons (Fsp3) is 0.923. The van der Waals surface area contributed by atoms with Crippen LogP contribution in [0.1, 0.15) is 51.9 Å². The van der Waals surface area contributed by atoms with Crippen molar-refractivity contribution in [2.45, 2.75) is 57.9 Å². The average Bonchev–Trinajstić information content (AvgIpc) is 3.02. The lowest BCUT2D eigenvalue weighted by Crippen LogP contribution is -2.38. The van der Waals surface area contributed by atoms with E-state index in [0.717, 1.165) is 11.7 Å². The average molecular weight is 241 g/mol. The molecular weight excluding hydrogens is 218 g/mol. The van der Waals surface area contributed by atoms with Gasteiger partial charge in [0, 0.05) is 12.5 Å². The van der Waals surface area contributed by atoms with E-state index in [0.29, 0.717) is 12.5 Å². The van der Waals surface area contributed by atoms with Crippen LogP contribution in [0.2, 0.25) is 0 Å². The summed E-state index contributed by atoms with van der Waals surface area (Å²) in [6.07, 6.45) is 7.94. The molecule has 0 bridgehead atoms. The zero-order chi connectivity index (χ0) is 11.6. The number of nitrogens with one attached hydrogen (secondary N) is 1. The number of thiol groups is 1. The summed E-state index contributed by atoms with van der Waals surface area (Å²) in [4.78, 5) is 11.9. The fourth-order valence-electron chi connectivity index (χ4n) is 2.59. The predicted octanol–water partition coefficient (Wildman–Crippen LogP) is 2.78. The van der Waals surface area contributed by atoms with E-state index in [1.54, 1.807) is 0 Å². The van der Waals surface area contributed by atoms with Gasteiger partial charge in [0.25, 0.3) is 0 Å². The van der Waals surface area contributed by atoms with Crippen LogP contribution in [0.5, 0.6) is 0 Å². The summed E-state index contributed by atoms with van der Waals surface area (Å²) in [6, 6.07) is 0.444. The van der Waals surface area contributed by atoms with Crippen LogP contribution in [0.15, 0.2) is 0 Å². The Morgan fingerprint density at radius 2 is 1.94 bits per heavy atom. The Balaban J connectivity index is 1.71. The van der Waals surface area contributed by atoms with Gasteiger partial charge in [-0.1, -0.05) is 6.92 Å². The summed E-state index contributed by atoms with van der Waals surface area (Å²) in [5.41, 5.74) is 0.259. The molecule has 0 radical (unpaired) electrons. The van der Waals surface area contributed by atoms with Gasteiger partial charge in [-0.25, -0.2) is 0 Å². The molecule has 2 fully saturated rings. The van der Waals surface area contributed by atoms with E-state index in [1.807, 2.05) is 0 Å². The van der Waals surface area contributed by atoms with E-state index >= 15 is 0 Å². The molecule has 0 atom stereocenters. The van der Waals surface area contributed by atoms with Gasteiger partial charge in [-0.3, -0.25) is 4.79 Å². The first-order valence-corrected chi connectivity index (χ1v) is 7.17. The summed E-state index contributed by atoms with van der Waals surface area (Å²) in [7, 11) is 0. The van der Waals surface area contributed by atoms with Crippen molar-refractivity contribution in [1.82, 2.24) is 5.32 Å². The lowest BCUT2D eigenvalue weighted by atomic mass is 9.87. The summed E-state index contributed by atoms with van der Waals surface area (Å²) < 4.78 is 0. The minimum absolute atomic E-state index is 0.256. The summed E-state index contributed by atoms with van der Waals surface area (Å²) in [5, 5.41) is 3.20. The molecular formula is C13H23NOS. The lowest BCUT2D eigenvalue weighted by Gasteiger charge is -2.27. The van der Waals surface area contributed by atoms with Gasteiger partial charge in [0.1, 0.15) is 0 Å². The lowest BCUT2D eigenvalue weighted by molar-refractivity contribution is -0.123. The topological polar surface area (TPSA) is 29.1 Å². The molecule has 0 saturated heterocycles. The first kappa shape index (κ1) is 12.3. The van der Waals surface area contributed by atoms with E-state index in [1.165, 1.54) is 38.5 Å². The molecule has 2 aliphatic carbocycles. The van der Waals surface area contributed by atoms with Gasteiger partial charge in [-0.15, -0.1) is 0 Å². The highest BCUT2D eigenvalue weighted by Crippen LogP contribution is 2.49. The third-order valence-corrected chi connectivity index (χ3v) is 4.88. The predicted molar refractivity (Wildman–Crippen MR) is 69.7 cm³/mol. The van der Waals surface area contributed by atoms with Crippen LogP contribution in [0.3, 0.4) is 0 Å². The quantitative estimate of drug-likeness (QED) is 0.728. The molecule has 2 saturated carbocycles. The molecule has 2 aliphatic rings. The molecule has 1 amide bonds. The van der Waals surface area contributed by atoms with E-state index in [4.69, 9.17) is 0 Å². The standard InChI is InChI=1S/C13H23NOS/c1-10-2-4-11(5-3-10)14-12(15)8-13(9-16)6-7-13/h10-11,16H,2-9H2,1H3,(H,14,15). The molecule has 92 valence electrons. The summed E-state index contributed by atoms with van der Waals surface area (Å²) >= 11 is 4.34. The highest BCUT2D eigenvalue weighted by molar-refractivity contribution is 7.80. The smallest absolute Gasteiger partial charge is 0.220 e. The molecule has 3 heteroatoms. The van der Waals surface area contributed by atoms with E-state index in [2.05, 4.69) is 24.9 Å². The zero-order valence-corrected chi connectivity index (χ0v) is 11.1. The molecule has 0 unspecified atom stereocenters. The molecule has 1 N–H and O–H groups in total. The Bertz CT molecular complexity index is 255. The van der Waals surface area contributed by atoms with Crippen LogP contribution in [0, 0.1) is 11.3 Å². The van der Waals surface area contributed by atoms with Crippen molar-refractivity contribution in [3.05, 3.63) is 0 Å². The molecule has 0 aromatic carbocycles. The van der Waals surface area contributed by atoms with Crippen LogP contribution in [0.4, 0.5) is 0 Å². The highest BCUT2D eigenvalue weighted by atomic mass is 32.1. The first-order valence-electron chi connectivity index (χ1n) is 6.54. The van der Waals surface area contributed by atoms with Crippen molar-refractivity contribution in [2.75, 3.05) is 5.75 Å². The number of rotatable bonds is 4. The van der Waals surface area contributed by atoms with Crippen molar-refractivity contribution >= 4 is 18.5 Å². The van der Waals surface area contributed by atoms with Gasteiger partial charge in [0.15, 0.2) is 0 Å². The van der Waals surface area contributed by atoms with Crippen LogP contribution < -0.4 is 5.32 Å². The minimum Gasteiger partial charge on any atom is -0.353 e. The second-order valence-electron chi connectivity index (χ2n) is 5.86. The number of carbonyl (C=O) groups is 1. The Kier molecular flexibility index (Phi) is 3.83. The maximum Gasteiger partial charge on any atom is 0.220 e. The SMILES string of the molecule is CC1CCC(NC(=O)CC2(CS)CC2)CC1. The third kappa shape index (κ3) is 3.16. The van der Waals surface area contributed by atoms with E-state index in [-0.39, 0.29) is 11.3 Å². The Morgan fingerprint density at radius 1 is 1.31 bits per heavy atom. The van der Waals surface area contributed by atoms with Crippen LogP contribution in [0.25, 0.3) is 0 Å². The Hall–Kier alpha value is -0.180. The first-order chi connectivity index (χ1) is 7.63. The van der Waals surface area contributed by atoms with Crippen molar-refractivity contribution in [2.24, 2.45) is 11.3 Å². The van der Waals surface area contributed by atoms with Gasteiger partial charge in [-0.05, 0) is 55.6 Å². The molecule has 0 heterocycles. The molecule has 0 spiro atoms. The van der Waals surface area contributed by atoms with Gasteiger partial charge in [0.05, 0.1) is 0 Å². The fourth-order valence-corrected chi connectivity index (χ4v) is 3.02. The number of amides is 1. The second kappa shape index (κ2) is 4.99. The molecule has 16 heavy (non-hydrogen) atoms. The number of hydrogen-bond donors (Lipinski definition) is 2. The largest absolute Gasteiger partial charge is 0.353 e. The van der Waals surface area contributed by atoms with Gasteiger partial charge >= 0.3 is 0 Å². The number of hydrogen-bond acceptors (Lipinski definition) is 2. The van der Waals surface area contributed by atoms with Gasteiger partial charge in [0.2, 0.25) is 5.91 Å². The molecule has 2 nitrogen and oxygen atoms in total. The Morgan fingerprint density at radius 3 is 2.44 bits per heavy atom. The van der Waals surface area contributed by atoms with Crippen molar-refractivity contribution in [3.63, 3.8) is 0 Å². The zero-order valence-electron chi connectivity index (χ0n) is 10.2. The van der Waals surface area contributed by atoms with Crippen LogP contribution >= 0.6 is 12.6 Å². The van der Waals surface area contributed by atoms with E-state index in [9.17, 15) is 4.79 Å². The normalized spacial score (nSPS) is 32.1. The Labute approximate surface area is 104 Å². The molecule has 0 aliphatic heterocycles. The minimum atomic E-state index is 0.256. The van der Waals surface area contributed by atoms with Crippen molar-refractivity contribution in [1.29, 1.82) is 0 Å².